The zero-order chi connectivity index (χ0) is 13.1. The first-order chi connectivity index (χ1) is 8.79. The number of fused-ring (bicyclic) bond motifs is 2. The van der Waals surface area contributed by atoms with Gasteiger partial charge in [0.05, 0.1) is 0 Å². The first-order valence-corrected chi connectivity index (χ1v) is 6.33. The Balaban J connectivity index is 0.000000866. The van der Waals surface area contributed by atoms with E-state index in [0.717, 1.165) is 22.3 Å². The number of hydrogen-bond donors (Lipinski definition) is 2. The van der Waals surface area contributed by atoms with Gasteiger partial charge in [-0.1, -0.05) is 62.4 Å². The van der Waals surface area contributed by atoms with Gasteiger partial charge in [-0.15, -0.1) is 0 Å². The molecule has 0 unspecified atom stereocenters. The largest absolute Gasteiger partial charge is 0.384 e. The average molecular weight is 346 g/mol. The Morgan fingerprint density at radius 2 is 0.850 bits per heavy atom. The van der Waals surface area contributed by atoms with E-state index in [4.69, 9.17) is 0 Å². The summed E-state index contributed by atoms with van der Waals surface area (Å²) in [5.74, 6) is 0. The van der Waals surface area contributed by atoms with Crippen LogP contribution in [-0.2, 0) is 32.7 Å². The summed E-state index contributed by atoms with van der Waals surface area (Å²) in [7, 11) is 0. The summed E-state index contributed by atoms with van der Waals surface area (Å²) in [6.45, 7) is 4.00. The molecule has 20 heavy (non-hydrogen) atoms. The molecule has 0 bridgehead atoms. The second kappa shape index (κ2) is 8.68. The fraction of sp³-hybridized carbons (Fsp3) is 0.235. The van der Waals surface area contributed by atoms with E-state index in [1.54, 1.807) is 0 Å². The molecule has 0 spiro atoms. The molecule has 3 rings (SSSR count). The van der Waals surface area contributed by atoms with Crippen LogP contribution in [0.4, 0.5) is 0 Å². The van der Waals surface area contributed by atoms with Crippen molar-refractivity contribution in [2.75, 3.05) is 0 Å². The second-order valence-electron chi connectivity index (χ2n) is 4.06. The smallest absolute Gasteiger partial charge is 0.105 e. The Hall–Kier alpha value is -0.536. The summed E-state index contributed by atoms with van der Waals surface area (Å²) in [5.41, 5.74) is 3.20. The van der Waals surface area contributed by atoms with Crippen molar-refractivity contribution in [2.24, 2.45) is 0 Å². The van der Waals surface area contributed by atoms with E-state index in [9.17, 15) is 10.2 Å². The molecule has 2 aromatic carbocycles. The molecule has 2 aromatic rings. The molecule has 0 saturated heterocycles. The van der Waals surface area contributed by atoms with Crippen LogP contribution in [0.25, 0.3) is 0 Å². The van der Waals surface area contributed by atoms with Gasteiger partial charge in [0.1, 0.15) is 12.2 Å². The van der Waals surface area contributed by atoms with Gasteiger partial charge in [0.2, 0.25) is 0 Å². The Bertz CT molecular complexity index is 445. The molecular weight excluding hydrogens is 325 g/mol. The minimum atomic E-state index is -0.629. The van der Waals surface area contributed by atoms with Crippen LogP contribution >= 0.6 is 0 Å². The van der Waals surface area contributed by atoms with E-state index in [2.05, 4.69) is 0 Å². The molecule has 0 aromatic heterocycles. The Morgan fingerprint density at radius 3 is 1.05 bits per heavy atom. The van der Waals surface area contributed by atoms with Crippen LogP contribution in [0.1, 0.15) is 48.3 Å². The summed E-state index contributed by atoms with van der Waals surface area (Å²) in [5, 5.41) is 20.4. The summed E-state index contributed by atoms with van der Waals surface area (Å²) >= 11 is 0. The third-order valence-corrected chi connectivity index (χ3v) is 3.17. The van der Waals surface area contributed by atoms with Gasteiger partial charge >= 0.3 is 0 Å². The topological polar surface area (TPSA) is 40.5 Å². The van der Waals surface area contributed by atoms with Crippen LogP contribution in [0.15, 0.2) is 48.5 Å². The van der Waals surface area contributed by atoms with Gasteiger partial charge in [0.15, 0.2) is 0 Å². The molecule has 3 heteroatoms. The van der Waals surface area contributed by atoms with E-state index in [-0.39, 0.29) is 40.1 Å². The van der Waals surface area contributed by atoms with E-state index in [1.165, 1.54) is 0 Å². The SMILES string of the molecule is CC.OC1c2ccccc2C(O)c2ccccc21.[CH3-].[Y]. The van der Waals surface area contributed by atoms with Crippen molar-refractivity contribution in [1.82, 2.24) is 0 Å². The molecule has 2 nitrogen and oxygen atoms in total. The second-order valence-corrected chi connectivity index (χ2v) is 4.06. The van der Waals surface area contributed by atoms with Crippen LogP contribution in [-0.4, -0.2) is 10.2 Å². The first-order valence-electron chi connectivity index (χ1n) is 6.33. The molecule has 0 fully saturated rings. The van der Waals surface area contributed by atoms with Crippen molar-refractivity contribution in [3.63, 3.8) is 0 Å². The van der Waals surface area contributed by atoms with Crippen molar-refractivity contribution < 1.29 is 42.9 Å². The van der Waals surface area contributed by atoms with Crippen LogP contribution in [0.5, 0.6) is 0 Å². The molecule has 2 N–H and O–H groups in total. The number of aliphatic hydroxyl groups excluding tert-OH is 2. The number of benzene rings is 2. The molecular formula is C17H21O2Y-. The average Bonchev–Trinajstić information content (AvgIpc) is 2.47. The third-order valence-electron chi connectivity index (χ3n) is 3.17. The number of hydrogen-bond acceptors (Lipinski definition) is 2. The summed E-state index contributed by atoms with van der Waals surface area (Å²) in [6.07, 6.45) is -1.26. The minimum Gasteiger partial charge on any atom is -0.384 e. The zero-order valence-electron chi connectivity index (χ0n) is 12.2. The quantitative estimate of drug-likeness (QED) is 0.715. The molecule has 1 aliphatic carbocycles. The molecule has 0 amide bonds. The zero-order valence-corrected chi connectivity index (χ0v) is 15.1. The first kappa shape index (κ1) is 19.5. The number of aliphatic hydroxyl groups is 2. The third kappa shape index (κ3) is 3.37. The molecule has 0 saturated carbocycles. The van der Waals surface area contributed by atoms with Crippen molar-refractivity contribution in [3.8, 4) is 0 Å². The van der Waals surface area contributed by atoms with Crippen molar-refractivity contribution in [2.45, 2.75) is 26.1 Å². The maximum Gasteiger partial charge on any atom is 0.105 e. The van der Waals surface area contributed by atoms with Crippen LogP contribution < -0.4 is 0 Å². The van der Waals surface area contributed by atoms with Crippen molar-refractivity contribution in [1.29, 1.82) is 0 Å². The van der Waals surface area contributed by atoms with Gasteiger partial charge in [0, 0.05) is 32.7 Å². The van der Waals surface area contributed by atoms with E-state index in [1.807, 2.05) is 62.4 Å². The number of rotatable bonds is 0. The fourth-order valence-electron chi connectivity index (χ4n) is 2.35. The Labute approximate surface area is 146 Å². The van der Waals surface area contributed by atoms with Gasteiger partial charge in [-0.05, 0) is 22.3 Å². The van der Waals surface area contributed by atoms with Gasteiger partial charge < -0.3 is 17.6 Å². The molecule has 1 aliphatic rings. The maximum absolute atomic E-state index is 10.2. The standard InChI is InChI=1S/C14H12O2.C2H6.CH3.Y/c15-13-9-5-1-2-6-10(9)14(16)12-8-4-3-7-11(12)13;1-2;;/h1-8,13-16H;1-2H3;1H3;/q;;-1;. The summed E-state index contributed by atoms with van der Waals surface area (Å²) in [4.78, 5) is 0. The predicted molar refractivity (Wildman–Crippen MR) is 78.8 cm³/mol. The molecule has 0 atom stereocenters. The van der Waals surface area contributed by atoms with Gasteiger partial charge in [-0.25, -0.2) is 0 Å². The minimum absolute atomic E-state index is 0. The maximum atomic E-state index is 10.2. The Kier molecular flexibility index (Phi) is 8.45. The van der Waals surface area contributed by atoms with Gasteiger partial charge in [-0.3, -0.25) is 0 Å². The molecule has 0 heterocycles. The normalized spacial score (nSPS) is 18.2. The van der Waals surface area contributed by atoms with E-state index in [0.29, 0.717) is 0 Å². The monoisotopic (exact) mass is 346 g/mol. The van der Waals surface area contributed by atoms with Crippen LogP contribution in [0.3, 0.4) is 0 Å². The van der Waals surface area contributed by atoms with Crippen LogP contribution in [0.2, 0.25) is 0 Å². The van der Waals surface area contributed by atoms with Crippen LogP contribution in [0, 0.1) is 7.43 Å². The van der Waals surface area contributed by atoms with E-state index >= 15 is 0 Å². The fourth-order valence-corrected chi connectivity index (χ4v) is 2.35. The summed E-state index contributed by atoms with van der Waals surface area (Å²) < 4.78 is 0. The van der Waals surface area contributed by atoms with E-state index < -0.39 is 12.2 Å². The van der Waals surface area contributed by atoms with Gasteiger partial charge in [0.25, 0.3) is 0 Å². The van der Waals surface area contributed by atoms with Crippen molar-refractivity contribution in [3.05, 3.63) is 78.2 Å². The van der Waals surface area contributed by atoms with Gasteiger partial charge in [-0.2, -0.15) is 0 Å². The molecule has 0 aliphatic heterocycles. The summed E-state index contributed by atoms with van der Waals surface area (Å²) in [6, 6.07) is 15.0. The molecule has 1 radical (unpaired) electrons. The predicted octanol–water partition coefficient (Wildman–Crippen LogP) is 3.64. The van der Waals surface area contributed by atoms with Crippen molar-refractivity contribution >= 4 is 0 Å². The Morgan fingerprint density at radius 1 is 0.650 bits per heavy atom. The molecule has 105 valence electrons.